The first-order chi connectivity index (χ1) is 8.17. The number of benzene rings is 1. The maximum atomic E-state index is 11.2. The van der Waals surface area contributed by atoms with E-state index in [1.807, 2.05) is 0 Å². The third-order valence-electron chi connectivity index (χ3n) is 2.02. The van der Waals surface area contributed by atoms with Gasteiger partial charge in [0.15, 0.2) is 0 Å². The van der Waals surface area contributed by atoms with Crippen LogP contribution in [0, 0.1) is 0 Å². The zero-order chi connectivity index (χ0) is 12.7. The van der Waals surface area contributed by atoms with Crippen LogP contribution in [0.2, 0.25) is 0 Å². The molecule has 0 aromatic heterocycles. The molecule has 0 atom stereocenters. The van der Waals surface area contributed by atoms with Crippen molar-refractivity contribution in [1.82, 2.24) is 0 Å². The number of hydrogen-bond donors (Lipinski definition) is 0. The summed E-state index contributed by atoms with van der Waals surface area (Å²) in [6.07, 6.45) is 2.75. The van der Waals surface area contributed by atoms with Gasteiger partial charge in [-0.05, 0) is 30.7 Å². The van der Waals surface area contributed by atoms with Gasteiger partial charge in [-0.25, -0.2) is 4.79 Å². The minimum atomic E-state index is -0.836. The fraction of sp³-hybridized carbons (Fsp3) is 0.231. The van der Waals surface area contributed by atoms with E-state index in [4.69, 9.17) is 4.74 Å². The zero-order valence-electron chi connectivity index (χ0n) is 9.80. The van der Waals surface area contributed by atoms with Crippen LogP contribution in [0.5, 0.6) is 5.75 Å². The van der Waals surface area contributed by atoms with Crippen molar-refractivity contribution in [3.05, 3.63) is 35.9 Å². The minimum absolute atomic E-state index is 0.195. The molecule has 0 radical (unpaired) electrons. The fourth-order valence-corrected chi connectivity index (χ4v) is 1.16. The molecule has 0 aliphatic rings. The Hall–Kier alpha value is -2.10. The molecular formula is C13H14O4. The highest BCUT2D eigenvalue weighted by Crippen LogP contribution is 2.12. The van der Waals surface area contributed by atoms with Crippen molar-refractivity contribution in [3.8, 4) is 5.75 Å². The normalized spacial score (nSPS) is 10.2. The van der Waals surface area contributed by atoms with Crippen molar-refractivity contribution >= 4 is 17.8 Å². The van der Waals surface area contributed by atoms with E-state index in [1.54, 1.807) is 44.4 Å². The smallest absolute Gasteiger partial charge is 0.379 e. The molecule has 0 heterocycles. The highest BCUT2D eigenvalue weighted by Gasteiger charge is 2.09. The SMILES string of the molecule is CCOC(=O)C(=O)C=Cc1ccc(OC)cc1. The molecule has 0 unspecified atom stereocenters. The van der Waals surface area contributed by atoms with E-state index in [-0.39, 0.29) is 6.61 Å². The van der Waals surface area contributed by atoms with Crippen LogP contribution in [0.15, 0.2) is 30.3 Å². The largest absolute Gasteiger partial charge is 0.497 e. The Kier molecular flexibility index (Phi) is 4.94. The number of esters is 1. The topological polar surface area (TPSA) is 52.6 Å². The Morgan fingerprint density at radius 2 is 1.88 bits per heavy atom. The van der Waals surface area contributed by atoms with Gasteiger partial charge in [-0.3, -0.25) is 4.79 Å². The summed E-state index contributed by atoms with van der Waals surface area (Å²) in [7, 11) is 1.58. The maximum Gasteiger partial charge on any atom is 0.379 e. The number of ether oxygens (including phenoxy) is 2. The second-order valence-corrected chi connectivity index (χ2v) is 3.19. The van der Waals surface area contributed by atoms with Gasteiger partial charge in [0, 0.05) is 0 Å². The van der Waals surface area contributed by atoms with Gasteiger partial charge >= 0.3 is 5.97 Å². The van der Waals surface area contributed by atoms with Gasteiger partial charge in [-0.2, -0.15) is 0 Å². The van der Waals surface area contributed by atoms with Crippen LogP contribution in [0.4, 0.5) is 0 Å². The number of carbonyl (C=O) groups excluding carboxylic acids is 2. The summed E-state index contributed by atoms with van der Waals surface area (Å²) in [5.74, 6) is -0.765. The summed E-state index contributed by atoms with van der Waals surface area (Å²) in [5, 5.41) is 0. The van der Waals surface area contributed by atoms with Crippen molar-refractivity contribution in [2.45, 2.75) is 6.92 Å². The lowest BCUT2D eigenvalue weighted by Gasteiger charge is -1.99. The lowest BCUT2D eigenvalue weighted by atomic mass is 10.2. The van der Waals surface area contributed by atoms with E-state index in [2.05, 4.69) is 4.74 Å². The Labute approximate surface area is 99.8 Å². The molecule has 0 saturated carbocycles. The van der Waals surface area contributed by atoms with Gasteiger partial charge in [0.05, 0.1) is 13.7 Å². The third-order valence-corrected chi connectivity index (χ3v) is 2.02. The molecule has 1 rings (SSSR count). The van der Waals surface area contributed by atoms with Gasteiger partial charge in [0.1, 0.15) is 5.75 Å². The minimum Gasteiger partial charge on any atom is -0.497 e. The second kappa shape index (κ2) is 6.48. The molecule has 90 valence electrons. The molecule has 1 aromatic rings. The maximum absolute atomic E-state index is 11.2. The molecule has 0 fully saturated rings. The van der Waals surface area contributed by atoms with Crippen molar-refractivity contribution < 1.29 is 19.1 Å². The number of methoxy groups -OCH3 is 1. The summed E-state index contributed by atoms with van der Waals surface area (Å²) in [6, 6.07) is 7.12. The third kappa shape index (κ3) is 4.10. The highest BCUT2D eigenvalue weighted by atomic mass is 16.5. The highest BCUT2D eigenvalue weighted by molar-refractivity contribution is 6.39. The lowest BCUT2D eigenvalue weighted by Crippen LogP contribution is -2.14. The molecule has 0 aliphatic carbocycles. The van der Waals surface area contributed by atoms with Crippen LogP contribution in [-0.4, -0.2) is 25.5 Å². The molecule has 0 bridgehead atoms. The molecule has 0 amide bonds. The fourth-order valence-electron chi connectivity index (χ4n) is 1.16. The lowest BCUT2D eigenvalue weighted by molar-refractivity contribution is -0.151. The molecule has 0 saturated heterocycles. The molecule has 0 N–H and O–H groups in total. The van der Waals surface area contributed by atoms with Gasteiger partial charge in [-0.1, -0.05) is 18.2 Å². The van der Waals surface area contributed by atoms with Crippen molar-refractivity contribution in [2.75, 3.05) is 13.7 Å². The number of hydrogen-bond acceptors (Lipinski definition) is 4. The number of carbonyl (C=O) groups is 2. The number of rotatable bonds is 5. The first-order valence-electron chi connectivity index (χ1n) is 5.20. The Balaban J connectivity index is 2.63. The predicted octanol–water partition coefficient (Wildman–Crippen LogP) is 1.84. The second-order valence-electron chi connectivity index (χ2n) is 3.19. The van der Waals surface area contributed by atoms with Crippen LogP contribution in [-0.2, 0) is 14.3 Å². The van der Waals surface area contributed by atoms with Crippen LogP contribution in [0.3, 0.4) is 0 Å². The molecule has 1 aromatic carbocycles. The molecule has 0 spiro atoms. The molecule has 4 heteroatoms. The standard InChI is InChI=1S/C13H14O4/c1-3-17-13(15)12(14)9-6-10-4-7-11(16-2)8-5-10/h4-9H,3H2,1-2H3. The van der Waals surface area contributed by atoms with E-state index in [0.29, 0.717) is 0 Å². The Morgan fingerprint density at radius 3 is 2.41 bits per heavy atom. The van der Waals surface area contributed by atoms with E-state index < -0.39 is 11.8 Å². The van der Waals surface area contributed by atoms with Gasteiger partial charge in [-0.15, -0.1) is 0 Å². The van der Waals surface area contributed by atoms with Gasteiger partial charge in [0.25, 0.3) is 5.78 Å². The first kappa shape index (κ1) is 13.0. The molecular weight excluding hydrogens is 220 g/mol. The summed E-state index contributed by atoms with van der Waals surface area (Å²) in [5.41, 5.74) is 0.809. The predicted molar refractivity (Wildman–Crippen MR) is 63.7 cm³/mol. The van der Waals surface area contributed by atoms with E-state index in [9.17, 15) is 9.59 Å². The first-order valence-corrected chi connectivity index (χ1v) is 5.20. The summed E-state index contributed by atoms with van der Waals surface area (Å²) < 4.78 is 9.57. The average Bonchev–Trinajstić information content (AvgIpc) is 2.36. The monoisotopic (exact) mass is 234 g/mol. The van der Waals surface area contributed by atoms with Crippen LogP contribution in [0.25, 0.3) is 6.08 Å². The molecule has 0 aliphatic heterocycles. The van der Waals surface area contributed by atoms with E-state index >= 15 is 0 Å². The average molecular weight is 234 g/mol. The Bertz CT molecular complexity index is 418. The van der Waals surface area contributed by atoms with Crippen molar-refractivity contribution in [2.24, 2.45) is 0 Å². The number of ketones is 1. The zero-order valence-corrected chi connectivity index (χ0v) is 9.80. The summed E-state index contributed by atoms with van der Waals surface area (Å²) >= 11 is 0. The molecule has 17 heavy (non-hydrogen) atoms. The van der Waals surface area contributed by atoms with Crippen molar-refractivity contribution in [1.29, 1.82) is 0 Å². The van der Waals surface area contributed by atoms with Crippen molar-refractivity contribution in [3.63, 3.8) is 0 Å². The van der Waals surface area contributed by atoms with E-state index in [0.717, 1.165) is 11.3 Å². The van der Waals surface area contributed by atoms with Gasteiger partial charge < -0.3 is 9.47 Å². The quantitative estimate of drug-likeness (QED) is 0.443. The van der Waals surface area contributed by atoms with Crippen LogP contribution < -0.4 is 4.74 Å². The van der Waals surface area contributed by atoms with E-state index in [1.165, 1.54) is 6.08 Å². The van der Waals surface area contributed by atoms with Crippen LogP contribution >= 0.6 is 0 Å². The van der Waals surface area contributed by atoms with Crippen LogP contribution in [0.1, 0.15) is 12.5 Å². The summed E-state index contributed by atoms with van der Waals surface area (Å²) in [4.78, 5) is 22.3. The Morgan fingerprint density at radius 1 is 1.24 bits per heavy atom. The van der Waals surface area contributed by atoms with Gasteiger partial charge in [0.2, 0.25) is 0 Å². The summed E-state index contributed by atoms with van der Waals surface area (Å²) in [6.45, 7) is 1.85. The molecule has 4 nitrogen and oxygen atoms in total.